The normalized spacial score (nSPS) is 9.64. The number of rotatable bonds is 2. The maximum absolute atomic E-state index is 5.19. The maximum Gasteiger partial charge on any atom is 0.101 e. The molecule has 2 rings (SSSR count). The summed E-state index contributed by atoms with van der Waals surface area (Å²) in [6.45, 7) is 0.500. The van der Waals surface area contributed by atoms with E-state index >= 15 is 0 Å². The van der Waals surface area contributed by atoms with Crippen LogP contribution in [0.4, 0.5) is 0 Å². The van der Waals surface area contributed by atoms with Gasteiger partial charge >= 0.3 is 0 Å². The molecule has 0 aromatic carbocycles. The van der Waals surface area contributed by atoms with Crippen molar-refractivity contribution in [2.45, 2.75) is 6.54 Å². The van der Waals surface area contributed by atoms with Gasteiger partial charge in [-0.05, 0) is 18.2 Å². The van der Waals surface area contributed by atoms with Crippen molar-refractivity contribution in [3.05, 3.63) is 36.8 Å². The molecule has 2 heterocycles. The van der Waals surface area contributed by atoms with Crippen LogP contribution >= 0.6 is 0 Å². The lowest BCUT2D eigenvalue weighted by Gasteiger charge is -1.94. The third-order valence-electron chi connectivity index (χ3n) is 1.85. The lowest BCUT2D eigenvalue weighted by Crippen LogP contribution is -1.95. The van der Waals surface area contributed by atoms with E-state index in [1.807, 2.05) is 24.4 Å². The molecular formula is C11H9N3. The van der Waals surface area contributed by atoms with Gasteiger partial charge in [0, 0.05) is 24.2 Å². The first-order valence-electron chi connectivity index (χ1n) is 4.27. The second kappa shape index (κ2) is 3.75. The summed E-state index contributed by atoms with van der Waals surface area (Å²) >= 11 is 0. The molecule has 0 spiro atoms. The minimum atomic E-state index is 0.500. The fourth-order valence-corrected chi connectivity index (χ4v) is 1.21. The zero-order valence-corrected chi connectivity index (χ0v) is 7.59. The topological polar surface area (TPSA) is 30.7 Å². The molecule has 2 aromatic heterocycles. The van der Waals surface area contributed by atoms with Crippen LogP contribution in [-0.2, 0) is 6.54 Å². The number of terminal acetylenes is 1. The van der Waals surface area contributed by atoms with E-state index in [1.54, 1.807) is 17.1 Å². The Morgan fingerprint density at radius 1 is 1.43 bits per heavy atom. The largest absolute Gasteiger partial charge is 0.264 e. The van der Waals surface area contributed by atoms with Gasteiger partial charge in [-0.15, -0.1) is 6.42 Å². The Morgan fingerprint density at radius 3 is 3.07 bits per heavy atom. The molecule has 0 fully saturated rings. The summed E-state index contributed by atoms with van der Waals surface area (Å²) in [6.07, 6.45) is 10.6. The molecule has 2 aromatic rings. The molecule has 14 heavy (non-hydrogen) atoms. The predicted molar refractivity (Wildman–Crippen MR) is 54.3 cm³/mol. The maximum atomic E-state index is 5.19. The molecule has 0 amide bonds. The number of hydrogen-bond donors (Lipinski definition) is 0. The van der Waals surface area contributed by atoms with E-state index in [0.29, 0.717) is 6.54 Å². The number of aromatic nitrogens is 3. The molecule has 3 nitrogen and oxygen atoms in total. The summed E-state index contributed by atoms with van der Waals surface area (Å²) in [5.74, 6) is 2.53. The standard InChI is InChI=1S/C11H9N3/c1-2-7-14-8-5-11(13-14)10-4-3-6-12-9-10/h1,3-6,8-9H,7H2. The highest BCUT2D eigenvalue weighted by Gasteiger charge is 2.00. The Morgan fingerprint density at radius 2 is 2.36 bits per heavy atom. The summed E-state index contributed by atoms with van der Waals surface area (Å²) < 4.78 is 1.72. The lowest BCUT2D eigenvalue weighted by molar-refractivity contribution is 0.718. The first-order valence-corrected chi connectivity index (χ1v) is 4.27. The molecule has 0 atom stereocenters. The summed E-state index contributed by atoms with van der Waals surface area (Å²) in [5, 5.41) is 4.30. The molecule has 0 bridgehead atoms. The third kappa shape index (κ3) is 1.64. The van der Waals surface area contributed by atoms with Crippen molar-refractivity contribution in [3.63, 3.8) is 0 Å². The van der Waals surface area contributed by atoms with Gasteiger partial charge in [0.1, 0.15) is 6.54 Å². The van der Waals surface area contributed by atoms with Gasteiger partial charge in [-0.3, -0.25) is 9.67 Å². The van der Waals surface area contributed by atoms with Crippen molar-refractivity contribution in [2.75, 3.05) is 0 Å². The van der Waals surface area contributed by atoms with Crippen LogP contribution in [0.5, 0.6) is 0 Å². The summed E-state index contributed by atoms with van der Waals surface area (Å²) in [5.41, 5.74) is 1.90. The molecule has 3 heteroatoms. The van der Waals surface area contributed by atoms with Gasteiger partial charge in [-0.2, -0.15) is 5.10 Å². The number of nitrogens with zero attached hydrogens (tertiary/aromatic N) is 3. The molecule has 68 valence electrons. The molecule has 0 N–H and O–H groups in total. The van der Waals surface area contributed by atoms with Gasteiger partial charge in [0.25, 0.3) is 0 Å². The molecule has 0 unspecified atom stereocenters. The number of hydrogen-bond acceptors (Lipinski definition) is 2. The fourth-order valence-electron chi connectivity index (χ4n) is 1.21. The Balaban J connectivity index is 2.31. The van der Waals surface area contributed by atoms with Crippen LogP contribution < -0.4 is 0 Å². The molecule has 0 aliphatic rings. The van der Waals surface area contributed by atoms with Crippen molar-refractivity contribution in [1.82, 2.24) is 14.8 Å². The van der Waals surface area contributed by atoms with Gasteiger partial charge in [-0.1, -0.05) is 5.92 Å². The van der Waals surface area contributed by atoms with Crippen LogP contribution in [0.15, 0.2) is 36.8 Å². The van der Waals surface area contributed by atoms with Crippen LogP contribution in [0.2, 0.25) is 0 Å². The first-order chi connectivity index (χ1) is 6.90. The average Bonchev–Trinajstić information content (AvgIpc) is 2.68. The Labute approximate surface area is 82.4 Å². The Bertz CT molecular complexity index is 451. The zero-order chi connectivity index (χ0) is 9.80. The van der Waals surface area contributed by atoms with Gasteiger partial charge in [0.2, 0.25) is 0 Å². The minimum Gasteiger partial charge on any atom is -0.264 e. The van der Waals surface area contributed by atoms with Crippen LogP contribution in [0.1, 0.15) is 0 Å². The molecule has 0 aliphatic carbocycles. The third-order valence-corrected chi connectivity index (χ3v) is 1.85. The summed E-state index contributed by atoms with van der Waals surface area (Å²) in [7, 11) is 0. The van der Waals surface area contributed by atoms with Crippen LogP contribution in [-0.4, -0.2) is 14.8 Å². The molecular weight excluding hydrogens is 174 g/mol. The van der Waals surface area contributed by atoms with E-state index in [-0.39, 0.29) is 0 Å². The van der Waals surface area contributed by atoms with E-state index in [0.717, 1.165) is 11.3 Å². The highest BCUT2D eigenvalue weighted by Crippen LogP contribution is 2.14. The van der Waals surface area contributed by atoms with Crippen molar-refractivity contribution in [1.29, 1.82) is 0 Å². The SMILES string of the molecule is C#CCn1ccc(-c2cccnc2)n1. The lowest BCUT2D eigenvalue weighted by atomic mass is 10.2. The molecule has 0 radical (unpaired) electrons. The Hall–Kier alpha value is -2.08. The summed E-state index contributed by atoms with van der Waals surface area (Å²) in [4.78, 5) is 4.03. The van der Waals surface area contributed by atoms with Crippen molar-refractivity contribution < 1.29 is 0 Å². The highest BCUT2D eigenvalue weighted by molar-refractivity contribution is 5.56. The van der Waals surface area contributed by atoms with Gasteiger partial charge in [0.05, 0.1) is 5.69 Å². The molecule has 0 aliphatic heterocycles. The van der Waals surface area contributed by atoms with Crippen molar-refractivity contribution in [2.24, 2.45) is 0 Å². The second-order valence-corrected chi connectivity index (χ2v) is 2.84. The quantitative estimate of drug-likeness (QED) is 0.662. The van der Waals surface area contributed by atoms with Crippen molar-refractivity contribution >= 4 is 0 Å². The smallest absolute Gasteiger partial charge is 0.101 e. The van der Waals surface area contributed by atoms with E-state index in [2.05, 4.69) is 16.0 Å². The average molecular weight is 183 g/mol. The minimum absolute atomic E-state index is 0.500. The fraction of sp³-hybridized carbons (Fsp3) is 0.0909. The molecule has 0 saturated heterocycles. The predicted octanol–water partition coefficient (Wildman–Crippen LogP) is 1.58. The van der Waals surface area contributed by atoms with E-state index in [1.165, 1.54) is 0 Å². The van der Waals surface area contributed by atoms with Crippen LogP contribution in [0.25, 0.3) is 11.3 Å². The van der Waals surface area contributed by atoms with E-state index < -0.39 is 0 Å². The summed E-state index contributed by atoms with van der Waals surface area (Å²) in [6, 6.07) is 5.78. The highest BCUT2D eigenvalue weighted by atomic mass is 15.3. The van der Waals surface area contributed by atoms with Crippen LogP contribution in [0, 0.1) is 12.3 Å². The first kappa shape index (κ1) is 8.52. The van der Waals surface area contributed by atoms with E-state index in [9.17, 15) is 0 Å². The number of pyridine rings is 1. The second-order valence-electron chi connectivity index (χ2n) is 2.84. The van der Waals surface area contributed by atoms with E-state index in [4.69, 9.17) is 6.42 Å². The van der Waals surface area contributed by atoms with Crippen LogP contribution in [0.3, 0.4) is 0 Å². The molecule has 0 saturated carbocycles. The monoisotopic (exact) mass is 183 g/mol. The zero-order valence-electron chi connectivity index (χ0n) is 7.59. The van der Waals surface area contributed by atoms with Crippen molar-refractivity contribution in [3.8, 4) is 23.6 Å². The van der Waals surface area contributed by atoms with Gasteiger partial charge in [-0.25, -0.2) is 0 Å². The Kier molecular flexibility index (Phi) is 2.28. The van der Waals surface area contributed by atoms with Gasteiger partial charge in [0.15, 0.2) is 0 Å². The van der Waals surface area contributed by atoms with Gasteiger partial charge < -0.3 is 0 Å².